The molecule has 0 N–H and O–H groups in total. The topological polar surface area (TPSA) is 33.2 Å². The summed E-state index contributed by atoms with van der Waals surface area (Å²) in [6.07, 6.45) is 4.61. The summed E-state index contributed by atoms with van der Waals surface area (Å²) < 4.78 is 0. The maximum absolute atomic E-state index is 10.9. The molecule has 1 saturated heterocycles. The molecule has 2 heterocycles. The minimum Gasteiger partial charge on any atom is -0.303 e. The molecule has 0 bridgehead atoms. The number of carbonyl (C=O) groups excluding carboxylic acids is 1. The Morgan fingerprint density at radius 2 is 2.24 bits per heavy atom. The number of halogens is 2. The Morgan fingerprint density at radius 3 is 2.82 bits per heavy atom. The van der Waals surface area contributed by atoms with E-state index in [1.165, 1.54) is 0 Å². The van der Waals surface area contributed by atoms with Crippen LogP contribution in [0.4, 0.5) is 0 Å². The predicted molar refractivity (Wildman–Crippen MR) is 76.6 cm³/mol. The van der Waals surface area contributed by atoms with Crippen LogP contribution < -0.4 is 0 Å². The van der Waals surface area contributed by atoms with Crippen molar-refractivity contribution >= 4 is 39.2 Å². The van der Waals surface area contributed by atoms with Crippen molar-refractivity contribution in [3.05, 3.63) is 30.1 Å². The number of hydrogen-bond donors (Lipinski definition) is 0. The summed E-state index contributed by atoms with van der Waals surface area (Å²) in [4.78, 5) is 17.8. The van der Waals surface area contributed by atoms with Gasteiger partial charge in [0.05, 0.1) is 16.7 Å². The fraction of sp³-hybridized carbons (Fsp3) is 0.500. The molecule has 1 aliphatic heterocycles. The van der Waals surface area contributed by atoms with E-state index in [0.717, 1.165) is 24.8 Å². The molecule has 94 valence electrons. The normalized spacial score (nSPS) is 29.4. The van der Waals surface area contributed by atoms with E-state index in [1.807, 2.05) is 18.2 Å². The van der Waals surface area contributed by atoms with Gasteiger partial charge in [-0.1, -0.05) is 22.0 Å². The number of alkyl halides is 1. The highest BCUT2D eigenvalue weighted by Crippen LogP contribution is 2.36. The van der Waals surface area contributed by atoms with Crippen LogP contribution in [0.15, 0.2) is 24.4 Å². The van der Waals surface area contributed by atoms with Crippen LogP contribution in [-0.2, 0) is 4.79 Å². The molecule has 0 spiro atoms. The lowest BCUT2D eigenvalue weighted by atomic mass is 9.90. The number of piperidine rings is 1. The fourth-order valence-corrected chi connectivity index (χ4v) is 2.94. The first-order chi connectivity index (χ1) is 7.72. The van der Waals surface area contributed by atoms with E-state index in [9.17, 15) is 4.79 Å². The molecule has 0 aliphatic carbocycles. The summed E-state index contributed by atoms with van der Waals surface area (Å²) in [6.45, 7) is 0. The molecule has 3 unspecified atom stereocenters. The number of likely N-dealkylation sites (tertiary alicyclic amines) is 1. The average molecular weight is 364 g/mol. The lowest BCUT2D eigenvalue weighted by Gasteiger charge is -2.38. The highest BCUT2D eigenvalue weighted by atomic mass is 79.9. The summed E-state index contributed by atoms with van der Waals surface area (Å²) in [7, 11) is 2.07. The molecule has 1 aliphatic rings. The second kappa shape index (κ2) is 6.61. The molecule has 1 aromatic rings. The molecule has 0 aromatic carbocycles. The SMILES string of the molecule is Br.CN1C(Br)CC(C=O)CC1c1ccccn1. The first kappa shape index (κ1) is 14.8. The number of hydrogen-bond acceptors (Lipinski definition) is 3. The van der Waals surface area contributed by atoms with Crippen molar-refractivity contribution in [1.29, 1.82) is 0 Å². The Kier molecular flexibility index (Phi) is 5.76. The molecule has 0 amide bonds. The van der Waals surface area contributed by atoms with Crippen LogP contribution in [0.3, 0.4) is 0 Å². The third kappa shape index (κ3) is 3.36. The smallest absolute Gasteiger partial charge is 0.123 e. The molecule has 0 saturated carbocycles. The highest BCUT2D eigenvalue weighted by Gasteiger charge is 2.33. The van der Waals surface area contributed by atoms with Crippen LogP contribution in [0.2, 0.25) is 0 Å². The second-order valence-electron chi connectivity index (χ2n) is 4.24. The van der Waals surface area contributed by atoms with Crippen molar-refractivity contribution in [2.45, 2.75) is 23.8 Å². The molecule has 3 nitrogen and oxygen atoms in total. The molecule has 1 aromatic heterocycles. The van der Waals surface area contributed by atoms with Gasteiger partial charge < -0.3 is 4.79 Å². The van der Waals surface area contributed by atoms with Gasteiger partial charge in [0.1, 0.15) is 6.29 Å². The maximum Gasteiger partial charge on any atom is 0.123 e. The lowest BCUT2D eigenvalue weighted by Crippen LogP contribution is -2.39. The zero-order chi connectivity index (χ0) is 11.5. The van der Waals surface area contributed by atoms with Gasteiger partial charge in [-0.25, -0.2) is 0 Å². The van der Waals surface area contributed by atoms with E-state index in [0.29, 0.717) is 0 Å². The van der Waals surface area contributed by atoms with E-state index in [1.54, 1.807) is 6.20 Å². The average Bonchev–Trinajstić information content (AvgIpc) is 2.33. The minimum atomic E-state index is 0. The Balaban J connectivity index is 0.00000144. The molecule has 2 rings (SSSR count). The summed E-state index contributed by atoms with van der Waals surface area (Å²) in [5.74, 6) is 0.132. The Labute approximate surface area is 121 Å². The largest absolute Gasteiger partial charge is 0.303 e. The minimum absolute atomic E-state index is 0. The molecule has 3 atom stereocenters. The predicted octanol–water partition coefficient (Wildman–Crippen LogP) is 2.96. The molecule has 17 heavy (non-hydrogen) atoms. The zero-order valence-electron chi connectivity index (χ0n) is 9.62. The number of carbonyl (C=O) groups is 1. The number of aromatic nitrogens is 1. The fourth-order valence-electron chi connectivity index (χ4n) is 2.17. The Morgan fingerprint density at radius 1 is 1.47 bits per heavy atom. The third-order valence-electron chi connectivity index (χ3n) is 3.18. The molecule has 5 heteroatoms. The maximum atomic E-state index is 10.9. The van der Waals surface area contributed by atoms with Gasteiger partial charge in [-0.2, -0.15) is 0 Å². The van der Waals surface area contributed by atoms with Crippen molar-refractivity contribution in [3.63, 3.8) is 0 Å². The van der Waals surface area contributed by atoms with Gasteiger partial charge in [-0.15, -0.1) is 17.0 Å². The van der Waals surface area contributed by atoms with E-state index >= 15 is 0 Å². The highest BCUT2D eigenvalue weighted by molar-refractivity contribution is 9.09. The zero-order valence-corrected chi connectivity index (χ0v) is 12.9. The quantitative estimate of drug-likeness (QED) is 0.460. The van der Waals surface area contributed by atoms with Gasteiger partial charge >= 0.3 is 0 Å². The summed E-state index contributed by atoms with van der Waals surface area (Å²) >= 11 is 3.61. The monoisotopic (exact) mass is 362 g/mol. The van der Waals surface area contributed by atoms with Gasteiger partial charge in [0.15, 0.2) is 0 Å². The molecule has 1 fully saturated rings. The van der Waals surface area contributed by atoms with Crippen LogP contribution in [-0.4, -0.2) is 28.2 Å². The van der Waals surface area contributed by atoms with E-state index in [2.05, 4.69) is 32.9 Å². The van der Waals surface area contributed by atoms with E-state index < -0.39 is 0 Å². The van der Waals surface area contributed by atoms with Crippen LogP contribution in [0.25, 0.3) is 0 Å². The van der Waals surface area contributed by atoms with Gasteiger partial charge in [0.2, 0.25) is 0 Å². The van der Waals surface area contributed by atoms with Crippen LogP contribution >= 0.6 is 32.9 Å². The van der Waals surface area contributed by atoms with Crippen molar-refractivity contribution in [1.82, 2.24) is 9.88 Å². The van der Waals surface area contributed by atoms with E-state index in [-0.39, 0.29) is 33.9 Å². The molecular weight excluding hydrogens is 348 g/mol. The second-order valence-corrected chi connectivity index (χ2v) is 5.29. The third-order valence-corrected chi connectivity index (χ3v) is 4.20. The van der Waals surface area contributed by atoms with Gasteiger partial charge in [0, 0.05) is 12.1 Å². The van der Waals surface area contributed by atoms with Crippen molar-refractivity contribution in [2.75, 3.05) is 7.05 Å². The van der Waals surface area contributed by atoms with Gasteiger partial charge in [-0.05, 0) is 32.0 Å². The lowest BCUT2D eigenvalue weighted by molar-refractivity contribution is -0.113. The number of rotatable bonds is 2. The molecule has 0 radical (unpaired) electrons. The number of pyridine rings is 1. The van der Waals surface area contributed by atoms with Crippen LogP contribution in [0, 0.1) is 5.92 Å². The summed E-state index contributed by atoms with van der Waals surface area (Å²) in [6, 6.07) is 6.15. The van der Waals surface area contributed by atoms with Crippen molar-refractivity contribution in [2.24, 2.45) is 5.92 Å². The number of aldehydes is 1. The van der Waals surface area contributed by atoms with Crippen LogP contribution in [0.1, 0.15) is 24.6 Å². The van der Waals surface area contributed by atoms with Gasteiger partial charge in [0.25, 0.3) is 0 Å². The Bertz CT molecular complexity index is 361. The number of nitrogens with zero attached hydrogens (tertiary/aromatic N) is 2. The summed E-state index contributed by atoms with van der Waals surface area (Å²) in [5, 5.41) is 0. The van der Waals surface area contributed by atoms with E-state index in [4.69, 9.17) is 0 Å². The van der Waals surface area contributed by atoms with Crippen molar-refractivity contribution < 1.29 is 4.79 Å². The van der Waals surface area contributed by atoms with Gasteiger partial charge in [-0.3, -0.25) is 9.88 Å². The Hall–Kier alpha value is -0.260. The first-order valence-corrected chi connectivity index (χ1v) is 6.36. The standard InChI is InChI=1S/C12H15BrN2O.BrH/c1-15-11(10-4-2-3-5-14-10)6-9(8-16)7-12(15)13;/h2-5,8-9,11-12H,6-7H2,1H3;1H. The molecular formula is C12H16Br2N2O. The summed E-state index contributed by atoms with van der Waals surface area (Å²) in [5.41, 5.74) is 1.04. The van der Waals surface area contributed by atoms with Crippen LogP contribution in [0.5, 0.6) is 0 Å². The van der Waals surface area contributed by atoms with Crippen molar-refractivity contribution in [3.8, 4) is 0 Å². The first-order valence-electron chi connectivity index (χ1n) is 5.44.